The molecule has 3 aromatic rings. The lowest BCUT2D eigenvalue weighted by Crippen LogP contribution is -2.30. The maximum Gasteiger partial charge on any atom is 0.417 e. The van der Waals surface area contributed by atoms with Crippen molar-refractivity contribution in [3.05, 3.63) is 77.4 Å². The zero-order valence-corrected chi connectivity index (χ0v) is 17.2. The fourth-order valence-corrected chi connectivity index (χ4v) is 2.64. The Morgan fingerprint density at radius 3 is 2.32 bits per heavy atom. The van der Waals surface area contributed by atoms with Crippen LogP contribution >= 0.6 is 0 Å². The summed E-state index contributed by atoms with van der Waals surface area (Å²) in [7, 11) is 0. The van der Waals surface area contributed by atoms with Crippen molar-refractivity contribution in [2.45, 2.75) is 33.5 Å². The predicted molar refractivity (Wildman–Crippen MR) is 109 cm³/mol. The van der Waals surface area contributed by atoms with Gasteiger partial charge in [-0.05, 0) is 36.8 Å². The van der Waals surface area contributed by atoms with Gasteiger partial charge in [0.2, 0.25) is 6.41 Å². The summed E-state index contributed by atoms with van der Waals surface area (Å²) < 4.78 is 38.0. The van der Waals surface area contributed by atoms with Gasteiger partial charge in [-0.2, -0.15) is 13.2 Å². The topological polar surface area (TPSA) is 76.1 Å². The van der Waals surface area contributed by atoms with Crippen molar-refractivity contribution in [1.82, 2.24) is 19.9 Å². The molecule has 0 aliphatic heterocycles. The first-order chi connectivity index (χ1) is 14.8. The number of amides is 2. The van der Waals surface area contributed by atoms with Gasteiger partial charge < -0.3 is 0 Å². The van der Waals surface area contributed by atoms with Crippen LogP contribution < -0.4 is 0 Å². The van der Waals surface area contributed by atoms with Crippen molar-refractivity contribution in [3.63, 3.8) is 0 Å². The first kappa shape index (κ1) is 23.7. The standard InChI is InChI=1S/C20H15F3N4O2.C2H6/c1-13-4-2-3-5-16(13)19(29)27(12-28)10-15-8-18(26-11-25-15)17-7-6-14(9-24-17)20(21,22)23;1-2/h2-9,11-12H,10H2,1H3;1-2H3. The van der Waals surface area contributed by atoms with Gasteiger partial charge in [0.25, 0.3) is 5.91 Å². The van der Waals surface area contributed by atoms with Crippen molar-refractivity contribution >= 4 is 12.3 Å². The van der Waals surface area contributed by atoms with Gasteiger partial charge in [-0.15, -0.1) is 0 Å². The number of benzene rings is 1. The van der Waals surface area contributed by atoms with Crippen molar-refractivity contribution < 1.29 is 22.8 Å². The van der Waals surface area contributed by atoms with Crippen LogP contribution in [-0.4, -0.2) is 32.2 Å². The molecular weight excluding hydrogens is 409 g/mol. The Morgan fingerprint density at radius 2 is 1.74 bits per heavy atom. The highest BCUT2D eigenvalue weighted by Gasteiger charge is 2.30. The number of rotatable bonds is 5. The molecule has 0 unspecified atom stereocenters. The summed E-state index contributed by atoms with van der Waals surface area (Å²) in [5.74, 6) is -0.481. The van der Waals surface area contributed by atoms with Crippen molar-refractivity contribution in [1.29, 1.82) is 0 Å². The minimum atomic E-state index is -4.48. The van der Waals surface area contributed by atoms with Crippen molar-refractivity contribution in [2.24, 2.45) is 0 Å². The number of alkyl halides is 3. The van der Waals surface area contributed by atoms with Gasteiger partial charge in [-0.1, -0.05) is 32.0 Å². The Labute approximate surface area is 177 Å². The molecule has 31 heavy (non-hydrogen) atoms. The molecule has 6 nitrogen and oxygen atoms in total. The summed E-state index contributed by atoms with van der Waals surface area (Å²) >= 11 is 0. The van der Waals surface area contributed by atoms with Gasteiger partial charge in [0.15, 0.2) is 0 Å². The van der Waals surface area contributed by atoms with Crippen LogP contribution in [0.3, 0.4) is 0 Å². The van der Waals surface area contributed by atoms with Gasteiger partial charge >= 0.3 is 6.18 Å². The molecule has 0 N–H and O–H groups in total. The second-order valence-electron chi connectivity index (χ2n) is 6.18. The second kappa shape index (κ2) is 10.4. The highest BCUT2D eigenvalue weighted by molar-refractivity contribution is 6.00. The molecule has 0 atom stereocenters. The number of hydrogen-bond acceptors (Lipinski definition) is 5. The van der Waals surface area contributed by atoms with Crippen LogP contribution in [0, 0.1) is 6.92 Å². The average Bonchev–Trinajstić information content (AvgIpc) is 2.78. The highest BCUT2D eigenvalue weighted by atomic mass is 19.4. The van der Waals surface area contributed by atoms with Crippen LogP contribution in [0.1, 0.15) is 41.0 Å². The number of aromatic nitrogens is 3. The Bertz CT molecular complexity index is 1040. The summed E-state index contributed by atoms with van der Waals surface area (Å²) in [5.41, 5.74) is 1.07. The summed E-state index contributed by atoms with van der Waals surface area (Å²) in [4.78, 5) is 36.9. The zero-order valence-electron chi connectivity index (χ0n) is 17.2. The minimum absolute atomic E-state index is 0.118. The van der Waals surface area contributed by atoms with Crippen LogP contribution in [0.15, 0.2) is 55.0 Å². The molecule has 0 bridgehead atoms. The third kappa shape index (κ3) is 5.94. The maximum absolute atomic E-state index is 12.7. The molecule has 0 saturated carbocycles. The lowest BCUT2D eigenvalue weighted by Gasteiger charge is -2.16. The quantitative estimate of drug-likeness (QED) is 0.549. The lowest BCUT2D eigenvalue weighted by molar-refractivity contribution is -0.137. The normalized spacial score (nSPS) is 10.6. The third-order valence-electron chi connectivity index (χ3n) is 4.17. The molecule has 2 amide bonds. The smallest absolute Gasteiger partial charge is 0.278 e. The zero-order chi connectivity index (χ0) is 23.0. The van der Waals surface area contributed by atoms with Gasteiger partial charge in [0.05, 0.1) is 29.2 Å². The van der Waals surface area contributed by atoms with E-state index in [1.807, 2.05) is 13.8 Å². The van der Waals surface area contributed by atoms with Gasteiger partial charge in [-0.25, -0.2) is 9.97 Å². The van der Waals surface area contributed by atoms with E-state index in [-0.39, 0.29) is 17.9 Å². The number of aryl methyl sites for hydroxylation is 1. The number of nitrogens with zero attached hydrogens (tertiary/aromatic N) is 4. The molecular formula is C22H21F3N4O2. The minimum Gasteiger partial charge on any atom is -0.278 e. The summed E-state index contributed by atoms with van der Waals surface area (Å²) in [6.07, 6.45) is -2.16. The monoisotopic (exact) mass is 430 g/mol. The van der Waals surface area contributed by atoms with Crippen LogP contribution in [0.2, 0.25) is 0 Å². The number of carbonyl (C=O) groups excluding carboxylic acids is 2. The van der Waals surface area contributed by atoms with E-state index in [9.17, 15) is 22.8 Å². The van der Waals surface area contributed by atoms with Gasteiger partial charge in [-0.3, -0.25) is 19.5 Å². The second-order valence-corrected chi connectivity index (χ2v) is 6.18. The molecule has 0 saturated heterocycles. The van der Waals surface area contributed by atoms with Gasteiger partial charge in [0.1, 0.15) is 6.33 Å². The Hall–Kier alpha value is -3.62. The van der Waals surface area contributed by atoms with Crippen molar-refractivity contribution in [3.8, 4) is 11.4 Å². The Kier molecular flexibility index (Phi) is 7.95. The fraction of sp³-hybridized carbons (Fsp3) is 0.227. The fourth-order valence-electron chi connectivity index (χ4n) is 2.64. The molecule has 9 heteroatoms. The van der Waals surface area contributed by atoms with Gasteiger partial charge in [0, 0.05) is 11.8 Å². The van der Waals surface area contributed by atoms with E-state index in [1.165, 1.54) is 18.5 Å². The van der Waals surface area contributed by atoms with E-state index in [0.29, 0.717) is 17.7 Å². The van der Waals surface area contributed by atoms with E-state index in [4.69, 9.17) is 0 Å². The number of imide groups is 1. The molecule has 2 heterocycles. The van der Waals surface area contributed by atoms with Crippen LogP contribution in [0.4, 0.5) is 13.2 Å². The Morgan fingerprint density at radius 1 is 1.03 bits per heavy atom. The van der Waals surface area contributed by atoms with Crippen molar-refractivity contribution in [2.75, 3.05) is 0 Å². The first-order valence-electron chi connectivity index (χ1n) is 9.46. The van der Waals surface area contributed by atoms with E-state index < -0.39 is 17.6 Å². The SMILES string of the molecule is CC.Cc1ccccc1C(=O)N(C=O)Cc1cc(-c2ccc(C(F)(F)F)cn2)ncn1. The molecule has 0 radical (unpaired) electrons. The molecule has 0 spiro atoms. The highest BCUT2D eigenvalue weighted by Crippen LogP contribution is 2.29. The molecule has 1 aromatic carbocycles. The van der Waals surface area contributed by atoms with Crippen LogP contribution in [-0.2, 0) is 17.5 Å². The molecule has 2 aromatic heterocycles. The molecule has 0 aliphatic carbocycles. The number of pyridine rings is 1. The summed E-state index contributed by atoms with van der Waals surface area (Å²) in [5, 5.41) is 0. The van der Waals surface area contributed by atoms with E-state index in [1.54, 1.807) is 31.2 Å². The number of halogens is 3. The van der Waals surface area contributed by atoms with E-state index in [0.717, 1.165) is 22.7 Å². The summed E-state index contributed by atoms with van der Waals surface area (Å²) in [6.45, 7) is 5.64. The molecule has 0 aliphatic rings. The largest absolute Gasteiger partial charge is 0.417 e. The number of carbonyl (C=O) groups is 2. The summed E-state index contributed by atoms with van der Waals surface area (Å²) in [6, 6.07) is 10.4. The first-order valence-corrected chi connectivity index (χ1v) is 9.46. The Balaban J connectivity index is 0.00000166. The predicted octanol–water partition coefficient (Wildman–Crippen LogP) is 4.69. The molecule has 162 valence electrons. The van der Waals surface area contributed by atoms with Crippen LogP contribution in [0.25, 0.3) is 11.4 Å². The van der Waals surface area contributed by atoms with E-state index >= 15 is 0 Å². The lowest BCUT2D eigenvalue weighted by atomic mass is 10.1. The third-order valence-corrected chi connectivity index (χ3v) is 4.17. The average molecular weight is 430 g/mol. The maximum atomic E-state index is 12.7. The molecule has 0 fully saturated rings. The van der Waals surface area contributed by atoms with Crippen LogP contribution in [0.5, 0.6) is 0 Å². The molecule has 3 rings (SSSR count). The number of hydrogen-bond donors (Lipinski definition) is 0. The van der Waals surface area contributed by atoms with E-state index in [2.05, 4.69) is 15.0 Å².